The molecule has 0 fully saturated rings. The molecule has 0 aliphatic heterocycles. The van der Waals surface area contributed by atoms with Crippen LogP contribution in [0, 0.1) is 13.8 Å². The molecule has 3 heteroatoms. The van der Waals surface area contributed by atoms with E-state index in [2.05, 4.69) is 54.2 Å². The lowest BCUT2D eigenvalue weighted by Gasteiger charge is -2.04. The van der Waals surface area contributed by atoms with Crippen LogP contribution in [0.3, 0.4) is 0 Å². The summed E-state index contributed by atoms with van der Waals surface area (Å²) < 4.78 is 0. The number of aromatic amines is 1. The van der Waals surface area contributed by atoms with Crippen LogP contribution < -0.4 is 0 Å². The molecule has 0 atom stereocenters. The van der Waals surface area contributed by atoms with E-state index in [0.717, 1.165) is 30.1 Å². The Kier molecular flexibility index (Phi) is 3.04. The van der Waals surface area contributed by atoms with Gasteiger partial charge in [0.1, 0.15) is 5.82 Å². The quantitative estimate of drug-likeness (QED) is 0.855. The number of H-pyrrole nitrogens is 1. The Morgan fingerprint density at radius 2 is 1.88 bits per heavy atom. The number of aryl methyl sites for hydroxylation is 3. The second-order valence-electron chi connectivity index (χ2n) is 4.12. The number of rotatable bonds is 3. The molecule has 84 valence electrons. The van der Waals surface area contributed by atoms with Gasteiger partial charge in [-0.25, -0.2) is 4.98 Å². The van der Waals surface area contributed by atoms with Crippen LogP contribution in [0.1, 0.15) is 30.3 Å². The minimum atomic E-state index is 0.819. The first-order valence-electron chi connectivity index (χ1n) is 5.70. The molecule has 0 radical (unpaired) electrons. The van der Waals surface area contributed by atoms with Crippen LogP contribution >= 0.6 is 0 Å². The normalized spacial score (nSPS) is 10.7. The summed E-state index contributed by atoms with van der Waals surface area (Å²) in [4.78, 5) is 4.53. The van der Waals surface area contributed by atoms with Crippen molar-refractivity contribution in [2.24, 2.45) is 0 Å². The smallest absolute Gasteiger partial charge is 0.181 e. The molecule has 0 aliphatic carbocycles. The zero-order valence-electron chi connectivity index (χ0n) is 10.0. The third-order valence-electron chi connectivity index (χ3n) is 2.72. The van der Waals surface area contributed by atoms with Crippen molar-refractivity contribution in [1.82, 2.24) is 15.2 Å². The van der Waals surface area contributed by atoms with Crippen molar-refractivity contribution in [2.45, 2.75) is 33.6 Å². The summed E-state index contributed by atoms with van der Waals surface area (Å²) in [6.07, 6.45) is 2.04. The van der Waals surface area contributed by atoms with E-state index >= 15 is 0 Å². The van der Waals surface area contributed by atoms with Crippen LogP contribution in [0.25, 0.3) is 11.4 Å². The lowest BCUT2D eigenvalue weighted by atomic mass is 10.0. The molecule has 1 aromatic carbocycles. The van der Waals surface area contributed by atoms with E-state index in [-0.39, 0.29) is 0 Å². The minimum Gasteiger partial charge on any atom is -0.263 e. The lowest BCUT2D eigenvalue weighted by molar-refractivity contribution is 0.841. The van der Waals surface area contributed by atoms with Gasteiger partial charge in [-0.3, -0.25) is 5.10 Å². The molecule has 0 saturated heterocycles. The zero-order valence-corrected chi connectivity index (χ0v) is 10.0. The van der Waals surface area contributed by atoms with Gasteiger partial charge in [0.15, 0.2) is 5.82 Å². The molecule has 2 rings (SSSR count). The molecule has 0 bridgehead atoms. The van der Waals surface area contributed by atoms with E-state index in [0.29, 0.717) is 0 Å². The van der Waals surface area contributed by atoms with E-state index in [1.807, 2.05) is 0 Å². The number of nitrogens with one attached hydrogen (secondary N) is 1. The van der Waals surface area contributed by atoms with E-state index in [1.165, 1.54) is 11.1 Å². The number of nitrogens with zero attached hydrogens (tertiary/aromatic N) is 2. The van der Waals surface area contributed by atoms with Crippen molar-refractivity contribution in [3.63, 3.8) is 0 Å². The largest absolute Gasteiger partial charge is 0.263 e. The van der Waals surface area contributed by atoms with E-state index in [1.54, 1.807) is 0 Å². The topological polar surface area (TPSA) is 41.6 Å². The lowest BCUT2D eigenvalue weighted by Crippen LogP contribution is -1.90. The summed E-state index contributed by atoms with van der Waals surface area (Å²) in [6, 6.07) is 6.25. The highest BCUT2D eigenvalue weighted by Crippen LogP contribution is 2.23. The number of aromatic nitrogens is 3. The molecule has 0 unspecified atom stereocenters. The van der Waals surface area contributed by atoms with Crippen molar-refractivity contribution in [3.8, 4) is 11.4 Å². The molecule has 2 aromatic rings. The van der Waals surface area contributed by atoms with Gasteiger partial charge in [0, 0.05) is 12.0 Å². The van der Waals surface area contributed by atoms with Crippen molar-refractivity contribution >= 4 is 0 Å². The van der Waals surface area contributed by atoms with Crippen molar-refractivity contribution in [2.75, 3.05) is 0 Å². The molecule has 16 heavy (non-hydrogen) atoms. The van der Waals surface area contributed by atoms with Gasteiger partial charge in [-0.15, -0.1) is 0 Å². The Labute approximate surface area is 95.9 Å². The second kappa shape index (κ2) is 4.47. The number of hydrogen-bond donors (Lipinski definition) is 1. The van der Waals surface area contributed by atoms with Crippen LogP contribution in [0.4, 0.5) is 0 Å². The van der Waals surface area contributed by atoms with Gasteiger partial charge in [-0.2, -0.15) is 5.10 Å². The highest BCUT2D eigenvalue weighted by Gasteiger charge is 2.10. The predicted octanol–water partition coefficient (Wildman–Crippen LogP) is 3.04. The number of hydrogen-bond acceptors (Lipinski definition) is 2. The zero-order chi connectivity index (χ0) is 11.5. The van der Waals surface area contributed by atoms with Gasteiger partial charge in [-0.1, -0.05) is 25.1 Å². The molecule has 0 aliphatic rings. The van der Waals surface area contributed by atoms with Crippen LogP contribution in [-0.4, -0.2) is 15.2 Å². The summed E-state index contributed by atoms with van der Waals surface area (Å²) in [5, 5.41) is 7.29. The molecular weight excluding hydrogens is 198 g/mol. The van der Waals surface area contributed by atoms with Crippen LogP contribution in [0.5, 0.6) is 0 Å². The molecule has 1 heterocycles. The molecule has 3 nitrogen and oxygen atoms in total. The Hall–Kier alpha value is -1.64. The van der Waals surface area contributed by atoms with Gasteiger partial charge in [0.05, 0.1) is 0 Å². The average molecular weight is 215 g/mol. The summed E-state index contributed by atoms with van der Waals surface area (Å²) in [6.45, 7) is 6.33. The van der Waals surface area contributed by atoms with Crippen molar-refractivity contribution < 1.29 is 0 Å². The molecule has 0 amide bonds. The second-order valence-corrected chi connectivity index (χ2v) is 4.12. The van der Waals surface area contributed by atoms with E-state index in [4.69, 9.17) is 0 Å². The van der Waals surface area contributed by atoms with Gasteiger partial charge in [-0.05, 0) is 31.4 Å². The van der Waals surface area contributed by atoms with Gasteiger partial charge in [0.2, 0.25) is 0 Å². The summed E-state index contributed by atoms with van der Waals surface area (Å²) in [5.41, 5.74) is 3.60. The third kappa shape index (κ3) is 1.98. The van der Waals surface area contributed by atoms with Crippen LogP contribution in [0.15, 0.2) is 18.2 Å². The summed E-state index contributed by atoms with van der Waals surface area (Å²) in [5.74, 6) is 1.79. The van der Waals surface area contributed by atoms with E-state index < -0.39 is 0 Å². The fourth-order valence-corrected chi connectivity index (χ4v) is 1.92. The monoisotopic (exact) mass is 215 g/mol. The van der Waals surface area contributed by atoms with E-state index in [9.17, 15) is 0 Å². The first-order chi connectivity index (χ1) is 7.72. The highest BCUT2D eigenvalue weighted by atomic mass is 15.2. The summed E-state index contributed by atoms with van der Waals surface area (Å²) in [7, 11) is 0. The summed E-state index contributed by atoms with van der Waals surface area (Å²) >= 11 is 0. The minimum absolute atomic E-state index is 0.819. The molecule has 1 N–H and O–H groups in total. The van der Waals surface area contributed by atoms with Crippen LogP contribution in [-0.2, 0) is 6.42 Å². The first kappa shape index (κ1) is 10.9. The number of benzene rings is 1. The predicted molar refractivity (Wildman–Crippen MR) is 65.3 cm³/mol. The van der Waals surface area contributed by atoms with Crippen molar-refractivity contribution in [1.29, 1.82) is 0 Å². The van der Waals surface area contributed by atoms with Gasteiger partial charge in [0.25, 0.3) is 0 Å². The fraction of sp³-hybridized carbons (Fsp3) is 0.385. The highest BCUT2D eigenvalue weighted by molar-refractivity contribution is 5.63. The van der Waals surface area contributed by atoms with Gasteiger partial charge < -0.3 is 0 Å². The third-order valence-corrected chi connectivity index (χ3v) is 2.72. The SMILES string of the molecule is CCCc1nc(-c2c(C)cccc2C)n[nH]1. The van der Waals surface area contributed by atoms with Gasteiger partial charge >= 0.3 is 0 Å². The maximum absolute atomic E-state index is 4.53. The Bertz CT molecular complexity index is 465. The molecule has 1 aromatic heterocycles. The molecule has 0 saturated carbocycles. The fourth-order valence-electron chi connectivity index (χ4n) is 1.92. The first-order valence-corrected chi connectivity index (χ1v) is 5.70. The standard InChI is InChI=1S/C13H17N3/c1-4-6-11-14-13(16-15-11)12-9(2)7-5-8-10(12)3/h5,7-8H,4,6H2,1-3H3,(H,14,15,16). The molecule has 0 spiro atoms. The average Bonchev–Trinajstić information content (AvgIpc) is 2.67. The maximum atomic E-state index is 4.53. The Morgan fingerprint density at radius 3 is 2.50 bits per heavy atom. The van der Waals surface area contributed by atoms with Crippen LogP contribution in [0.2, 0.25) is 0 Å². The maximum Gasteiger partial charge on any atom is 0.181 e. The Morgan fingerprint density at radius 1 is 1.19 bits per heavy atom. The van der Waals surface area contributed by atoms with Crippen molar-refractivity contribution in [3.05, 3.63) is 35.2 Å². The Balaban J connectivity index is 2.42. The molecular formula is C13H17N3.